The molecule has 82 valence electrons. The molecule has 4 heteroatoms. The summed E-state index contributed by atoms with van der Waals surface area (Å²) in [6, 6.07) is -0.0298. The molecule has 14 heavy (non-hydrogen) atoms. The molecule has 1 fully saturated rings. The van der Waals surface area contributed by atoms with Crippen molar-refractivity contribution < 1.29 is 4.79 Å². The highest BCUT2D eigenvalue weighted by Gasteiger charge is 2.13. The fraction of sp³-hybridized carbons (Fsp3) is 0.900. The van der Waals surface area contributed by atoms with Crippen molar-refractivity contribution in [2.24, 2.45) is 5.92 Å². The fourth-order valence-corrected chi connectivity index (χ4v) is 1.65. The highest BCUT2D eigenvalue weighted by molar-refractivity contribution is 5.73. The van der Waals surface area contributed by atoms with Gasteiger partial charge in [-0.05, 0) is 38.3 Å². The van der Waals surface area contributed by atoms with Crippen molar-refractivity contribution in [2.45, 2.75) is 26.2 Å². The third-order valence-corrected chi connectivity index (χ3v) is 2.54. The average molecular weight is 199 g/mol. The van der Waals surface area contributed by atoms with Crippen LogP contribution in [0.25, 0.3) is 0 Å². The largest absolute Gasteiger partial charge is 0.338 e. The van der Waals surface area contributed by atoms with E-state index in [-0.39, 0.29) is 6.03 Å². The van der Waals surface area contributed by atoms with Gasteiger partial charge in [0.2, 0.25) is 0 Å². The van der Waals surface area contributed by atoms with Crippen molar-refractivity contribution in [3.05, 3.63) is 0 Å². The molecule has 1 heterocycles. The van der Waals surface area contributed by atoms with Crippen LogP contribution in [0.4, 0.5) is 4.79 Å². The topological polar surface area (TPSA) is 53.2 Å². The summed E-state index contributed by atoms with van der Waals surface area (Å²) in [4.78, 5) is 11.1. The minimum atomic E-state index is -0.0298. The normalized spacial score (nSPS) is 20.8. The Kier molecular flexibility index (Phi) is 5.37. The standard InChI is InChI=1S/C10H21N3O/c1-2-5-12-10(14)13-7-4-9-3-6-11-8-9/h9,11H,2-8H2,1H3,(H2,12,13,14). The molecule has 1 rings (SSSR count). The van der Waals surface area contributed by atoms with Gasteiger partial charge in [0, 0.05) is 13.1 Å². The zero-order valence-corrected chi connectivity index (χ0v) is 8.94. The number of nitrogens with one attached hydrogen (secondary N) is 3. The van der Waals surface area contributed by atoms with Crippen molar-refractivity contribution in [1.29, 1.82) is 0 Å². The molecule has 0 radical (unpaired) electrons. The van der Waals surface area contributed by atoms with E-state index in [1.165, 1.54) is 6.42 Å². The van der Waals surface area contributed by atoms with E-state index >= 15 is 0 Å². The van der Waals surface area contributed by atoms with Gasteiger partial charge in [0.05, 0.1) is 0 Å². The molecule has 1 saturated heterocycles. The second kappa shape index (κ2) is 6.65. The lowest BCUT2D eigenvalue weighted by Crippen LogP contribution is -2.36. The van der Waals surface area contributed by atoms with E-state index in [1.54, 1.807) is 0 Å². The third-order valence-electron chi connectivity index (χ3n) is 2.54. The molecule has 0 aromatic heterocycles. The summed E-state index contributed by atoms with van der Waals surface area (Å²) in [5.74, 6) is 0.751. The number of amides is 2. The highest BCUT2D eigenvalue weighted by atomic mass is 16.2. The lowest BCUT2D eigenvalue weighted by Gasteiger charge is -2.09. The Bertz CT molecular complexity index is 167. The van der Waals surface area contributed by atoms with Gasteiger partial charge in [-0.25, -0.2) is 4.79 Å². The van der Waals surface area contributed by atoms with E-state index in [0.29, 0.717) is 0 Å². The first-order valence-corrected chi connectivity index (χ1v) is 5.55. The van der Waals surface area contributed by atoms with Gasteiger partial charge in [-0.1, -0.05) is 6.92 Å². The van der Waals surface area contributed by atoms with Crippen molar-refractivity contribution in [3.8, 4) is 0 Å². The maximum absolute atomic E-state index is 11.1. The van der Waals surface area contributed by atoms with Crippen LogP contribution in [-0.2, 0) is 0 Å². The Hall–Kier alpha value is -0.770. The first kappa shape index (κ1) is 11.3. The first-order valence-electron chi connectivity index (χ1n) is 5.55. The molecule has 1 atom stereocenters. The molecule has 2 amide bonds. The second-order valence-electron chi connectivity index (χ2n) is 3.83. The van der Waals surface area contributed by atoms with Crippen LogP contribution in [-0.4, -0.2) is 32.2 Å². The fourth-order valence-electron chi connectivity index (χ4n) is 1.65. The summed E-state index contributed by atoms with van der Waals surface area (Å²) in [5.41, 5.74) is 0. The van der Waals surface area contributed by atoms with Gasteiger partial charge >= 0.3 is 6.03 Å². The van der Waals surface area contributed by atoms with Gasteiger partial charge < -0.3 is 16.0 Å². The molecule has 0 aromatic carbocycles. The molecule has 0 aromatic rings. The van der Waals surface area contributed by atoms with Gasteiger partial charge in [0.1, 0.15) is 0 Å². The molecule has 1 aliphatic rings. The average Bonchev–Trinajstić information content (AvgIpc) is 2.67. The minimum absolute atomic E-state index is 0.0298. The Balaban J connectivity index is 1.94. The predicted molar refractivity (Wildman–Crippen MR) is 57.3 cm³/mol. The van der Waals surface area contributed by atoms with E-state index in [2.05, 4.69) is 16.0 Å². The lowest BCUT2D eigenvalue weighted by molar-refractivity contribution is 0.240. The smallest absolute Gasteiger partial charge is 0.314 e. The van der Waals surface area contributed by atoms with Crippen LogP contribution >= 0.6 is 0 Å². The molecule has 0 bridgehead atoms. The summed E-state index contributed by atoms with van der Waals surface area (Å²) in [6.45, 7) is 5.84. The maximum atomic E-state index is 11.1. The number of carbonyl (C=O) groups excluding carboxylic acids is 1. The van der Waals surface area contributed by atoms with Crippen molar-refractivity contribution in [1.82, 2.24) is 16.0 Å². The molecule has 4 nitrogen and oxygen atoms in total. The Morgan fingerprint density at radius 2 is 2.21 bits per heavy atom. The van der Waals surface area contributed by atoms with E-state index in [4.69, 9.17) is 0 Å². The number of hydrogen-bond donors (Lipinski definition) is 3. The molecule has 0 saturated carbocycles. The number of urea groups is 1. The van der Waals surface area contributed by atoms with E-state index in [0.717, 1.165) is 44.9 Å². The van der Waals surface area contributed by atoms with Crippen LogP contribution in [0.15, 0.2) is 0 Å². The molecule has 1 unspecified atom stereocenters. The Morgan fingerprint density at radius 3 is 2.86 bits per heavy atom. The predicted octanol–water partition coefficient (Wildman–Crippen LogP) is 0.695. The van der Waals surface area contributed by atoms with Gasteiger partial charge in [-0.3, -0.25) is 0 Å². The Morgan fingerprint density at radius 1 is 1.43 bits per heavy atom. The number of carbonyl (C=O) groups is 1. The van der Waals surface area contributed by atoms with Crippen LogP contribution in [0, 0.1) is 5.92 Å². The minimum Gasteiger partial charge on any atom is -0.338 e. The number of rotatable bonds is 5. The second-order valence-corrected chi connectivity index (χ2v) is 3.83. The van der Waals surface area contributed by atoms with Gasteiger partial charge in [-0.15, -0.1) is 0 Å². The van der Waals surface area contributed by atoms with Crippen LogP contribution in [0.2, 0.25) is 0 Å². The van der Waals surface area contributed by atoms with E-state index in [1.807, 2.05) is 6.92 Å². The molecule has 0 aliphatic carbocycles. The maximum Gasteiger partial charge on any atom is 0.314 e. The van der Waals surface area contributed by atoms with Crippen LogP contribution in [0.5, 0.6) is 0 Å². The summed E-state index contributed by atoms with van der Waals surface area (Å²) in [7, 11) is 0. The third kappa shape index (κ3) is 4.46. The summed E-state index contributed by atoms with van der Waals surface area (Å²) in [6.07, 6.45) is 3.32. The highest BCUT2D eigenvalue weighted by Crippen LogP contribution is 2.10. The van der Waals surface area contributed by atoms with Crippen molar-refractivity contribution in [2.75, 3.05) is 26.2 Å². The summed E-state index contributed by atoms with van der Waals surface area (Å²) < 4.78 is 0. The monoisotopic (exact) mass is 199 g/mol. The summed E-state index contributed by atoms with van der Waals surface area (Å²) in [5, 5.41) is 8.97. The quantitative estimate of drug-likeness (QED) is 0.610. The Labute approximate surface area is 85.8 Å². The van der Waals surface area contributed by atoms with E-state index < -0.39 is 0 Å². The van der Waals surface area contributed by atoms with Gasteiger partial charge in [-0.2, -0.15) is 0 Å². The zero-order chi connectivity index (χ0) is 10.2. The first-order chi connectivity index (χ1) is 6.83. The lowest BCUT2D eigenvalue weighted by atomic mass is 10.1. The molecule has 0 spiro atoms. The molecule has 3 N–H and O–H groups in total. The number of hydrogen-bond acceptors (Lipinski definition) is 2. The van der Waals surface area contributed by atoms with Gasteiger partial charge in [0.25, 0.3) is 0 Å². The molecule has 1 aliphatic heterocycles. The SMILES string of the molecule is CCCNC(=O)NCCC1CCNC1. The van der Waals surface area contributed by atoms with Crippen molar-refractivity contribution >= 4 is 6.03 Å². The molecular weight excluding hydrogens is 178 g/mol. The van der Waals surface area contributed by atoms with Crippen LogP contribution < -0.4 is 16.0 Å². The molecular formula is C10H21N3O. The van der Waals surface area contributed by atoms with E-state index in [9.17, 15) is 4.79 Å². The van der Waals surface area contributed by atoms with Crippen LogP contribution in [0.3, 0.4) is 0 Å². The zero-order valence-electron chi connectivity index (χ0n) is 8.94. The van der Waals surface area contributed by atoms with Gasteiger partial charge in [0.15, 0.2) is 0 Å². The van der Waals surface area contributed by atoms with Crippen LogP contribution in [0.1, 0.15) is 26.2 Å². The van der Waals surface area contributed by atoms with Crippen molar-refractivity contribution in [3.63, 3.8) is 0 Å². The summed E-state index contributed by atoms with van der Waals surface area (Å²) >= 11 is 0.